The number of hydrogen-bond acceptors (Lipinski definition) is 9. The van der Waals surface area contributed by atoms with E-state index in [1.165, 1.54) is 11.0 Å². The van der Waals surface area contributed by atoms with Gasteiger partial charge in [0, 0.05) is 19.5 Å². The smallest absolute Gasteiger partial charge is 0.258 e. The highest BCUT2D eigenvalue weighted by Gasteiger charge is 2.12. The molecule has 0 amide bonds. The molecular weight excluding hydrogens is 290 g/mol. The van der Waals surface area contributed by atoms with Crippen LogP contribution in [-0.4, -0.2) is 48.8 Å². The predicted molar refractivity (Wildman–Crippen MR) is 78.5 cm³/mol. The van der Waals surface area contributed by atoms with Crippen LogP contribution < -0.4 is 10.2 Å². The summed E-state index contributed by atoms with van der Waals surface area (Å²) in [5, 5.41) is 8.95. The summed E-state index contributed by atoms with van der Waals surface area (Å²) in [6.45, 7) is 0.619. The lowest BCUT2D eigenvalue weighted by Gasteiger charge is -2.16. The number of nitrogens with one attached hydrogen (secondary N) is 1. The number of hydrogen-bond donors (Lipinski definition) is 1. The van der Waals surface area contributed by atoms with Crippen LogP contribution in [0.4, 0.5) is 11.9 Å². The van der Waals surface area contributed by atoms with Gasteiger partial charge in [-0.2, -0.15) is 24.7 Å². The summed E-state index contributed by atoms with van der Waals surface area (Å²) in [6.07, 6.45) is 2.97. The zero-order valence-electron chi connectivity index (χ0n) is 11.5. The quantitative estimate of drug-likeness (QED) is 0.731. The molecule has 0 aliphatic carbocycles. The van der Waals surface area contributed by atoms with Gasteiger partial charge in [-0.15, -0.1) is 11.3 Å². The number of anilines is 2. The van der Waals surface area contributed by atoms with Crippen molar-refractivity contribution in [1.82, 2.24) is 34.7 Å². The van der Waals surface area contributed by atoms with Gasteiger partial charge in [0.15, 0.2) is 0 Å². The Labute approximate surface area is 124 Å². The van der Waals surface area contributed by atoms with Crippen LogP contribution in [-0.2, 0) is 6.54 Å². The molecule has 0 bridgehead atoms. The second-order valence-electron chi connectivity index (χ2n) is 4.18. The molecule has 0 saturated heterocycles. The first kappa shape index (κ1) is 13.4. The van der Waals surface area contributed by atoms with Gasteiger partial charge in [-0.3, -0.25) is 0 Å². The van der Waals surface area contributed by atoms with Crippen LogP contribution in [0, 0.1) is 0 Å². The Kier molecular flexibility index (Phi) is 3.69. The third-order valence-corrected chi connectivity index (χ3v) is 3.32. The minimum Gasteiger partial charge on any atom is -0.357 e. The molecule has 0 radical (unpaired) electrons. The standard InChI is InChI=1S/C11H13N9S/c1-12-9-16-10(19(2)3-8-4-21-7-14-8)18-11(17-9)20-6-13-5-15-20/h4-7H,3H2,1-2H3,(H,12,16,17,18). The molecule has 0 unspecified atom stereocenters. The molecule has 0 saturated carbocycles. The van der Waals surface area contributed by atoms with E-state index >= 15 is 0 Å². The minimum atomic E-state index is 0.409. The van der Waals surface area contributed by atoms with Gasteiger partial charge in [0.1, 0.15) is 12.7 Å². The van der Waals surface area contributed by atoms with E-state index in [0.717, 1.165) is 5.69 Å². The van der Waals surface area contributed by atoms with Gasteiger partial charge < -0.3 is 10.2 Å². The van der Waals surface area contributed by atoms with Crippen LogP contribution in [0.1, 0.15) is 5.69 Å². The van der Waals surface area contributed by atoms with Crippen LogP contribution >= 0.6 is 11.3 Å². The van der Waals surface area contributed by atoms with Crippen molar-refractivity contribution in [2.24, 2.45) is 0 Å². The molecule has 1 N–H and O–H groups in total. The summed E-state index contributed by atoms with van der Waals surface area (Å²) >= 11 is 1.56. The van der Waals surface area contributed by atoms with Crippen LogP contribution in [0.3, 0.4) is 0 Å². The van der Waals surface area contributed by atoms with Gasteiger partial charge in [-0.1, -0.05) is 0 Å². The fourth-order valence-electron chi connectivity index (χ4n) is 1.68. The molecule has 21 heavy (non-hydrogen) atoms. The van der Waals surface area contributed by atoms with Crippen LogP contribution in [0.2, 0.25) is 0 Å². The van der Waals surface area contributed by atoms with Gasteiger partial charge in [0.2, 0.25) is 11.9 Å². The van der Waals surface area contributed by atoms with Crippen molar-refractivity contribution in [1.29, 1.82) is 0 Å². The maximum atomic E-state index is 4.40. The Balaban J connectivity index is 1.92. The predicted octanol–water partition coefficient (Wildman–Crippen LogP) is 0.587. The Morgan fingerprint density at radius 3 is 2.90 bits per heavy atom. The van der Waals surface area contributed by atoms with E-state index in [2.05, 4.69) is 35.3 Å². The van der Waals surface area contributed by atoms with Gasteiger partial charge in [-0.05, 0) is 0 Å². The van der Waals surface area contributed by atoms with Crippen molar-refractivity contribution in [3.05, 3.63) is 29.2 Å². The van der Waals surface area contributed by atoms with Crippen molar-refractivity contribution in [2.45, 2.75) is 6.54 Å². The number of thiazole rings is 1. The maximum absolute atomic E-state index is 4.40. The summed E-state index contributed by atoms with van der Waals surface area (Å²) in [5.41, 5.74) is 2.77. The van der Waals surface area contributed by atoms with Gasteiger partial charge in [-0.25, -0.2) is 9.97 Å². The van der Waals surface area contributed by atoms with Gasteiger partial charge >= 0.3 is 0 Å². The van der Waals surface area contributed by atoms with Crippen molar-refractivity contribution < 1.29 is 0 Å². The Morgan fingerprint density at radius 1 is 1.33 bits per heavy atom. The lowest BCUT2D eigenvalue weighted by Crippen LogP contribution is -2.21. The summed E-state index contributed by atoms with van der Waals surface area (Å²) in [7, 11) is 3.66. The van der Waals surface area contributed by atoms with E-state index in [1.54, 1.807) is 30.2 Å². The maximum Gasteiger partial charge on any atom is 0.258 e. The molecule has 9 nitrogen and oxygen atoms in total. The second kappa shape index (κ2) is 5.79. The molecule has 0 aliphatic heterocycles. The van der Waals surface area contributed by atoms with E-state index in [9.17, 15) is 0 Å². The average Bonchev–Trinajstić information content (AvgIpc) is 3.20. The zero-order valence-corrected chi connectivity index (χ0v) is 12.3. The molecule has 0 atom stereocenters. The highest BCUT2D eigenvalue weighted by molar-refractivity contribution is 7.07. The summed E-state index contributed by atoms with van der Waals surface area (Å²) < 4.78 is 1.49. The largest absolute Gasteiger partial charge is 0.357 e. The molecule has 3 rings (SSSR count). The molecule has 3 aromatic heterocycles. The van der Waals surface area contributed by atoms with Crippen molar-refractivity contribution in [3.63, 3.8) is 0 Å². The van der Waals surface area contributed by atoms with E-state index in [1.807, 2.05) is 17.3 Å². The molecular formula is C11H13N9S. The van der Waals surface area contributed by atoms with Crippen LogP contribution in [0.5, 0.6) is 0 Å². The Morgan fingerprint density at radius 2 is 2.24 bits per heavy atom. The number of rotatable bonds is 5. The fraction of sp³-hybridized carbons (Fsp3) is 0.273. The molecule has 0 fully saturated rings. The Hall–Kier alpha value is -2.62. The molecule has 108 valence electrons. The van der Waals surface area contributed by atoms with Gasteiger partial charge in [0.25, 0.3) is 5.95 Å². The fourth-order valence-corrected chi connectivity index (χ4v) is 2.23. The third-order valence-electron chi connectivity index (χ3n) is 2.68. The summed E-state index contributed by atoms with van der Waals surface area (Å²) in [6, 6.07) is 0. The number of nitrogens with zero attached hydrogens (tertiary/aromatic N) is 8. The first-order valence-corrected chi connectivity index (χ1v) is 7.07. The molecule has 0 aromatic carbocycles. The average molecular weight is 303 g/mol. The lowest BCUT2D eigenvalue weighted by molar-refractivity contribution is 0.771. The van der Waals surface area contributed by atoms with E-state index in [4.69, 9.17) is 0 Å². The van der Waals surface area contributed by atoms with Crippen molar-refractivity contribution >= 4 is 23.2 Å². The van der Waals surface area contributed by atoms with Crippen LogP contribution in [0.25, 0.3) is 5.95 Å². The minimum absolute atomic E-state index is 0.409. The first-order valence-electron chi connectivity index (χ1n) is 6.13. The number of aromatic nitrogens is 7. The highest BCUT2D eigenvalue weighted by Crippen LogP contribution is 2.14. The van der Waals surface area contributed by atoms with E-state index in [-0.39, 0.29) is 0 Å². The third kappa shape index (κ3) is 2.94. The zero-order chi connectivity index (χ0) is 14.7. The lowest BCUT2D eigenvalue weighted by atomic mass is 10.4. The van der Waals surface area contributed by atoms with Gasteiger partial charge in [0.05, 0.1) is 17.7 Å². The summed E-state index contributed by atoms with van der Waals surface area (Å²) in [4.78, 5) is 23.1. The first-order chi connectivity index (χ1) is 10.3. The monoisotopic (exact) mass is 303 g/mol. The Bertz CT molecular complexity index is 695. The molecule has 0 spiro atoms. The molecule has 0 aliphatic rings. The van der Waals surface area contributed by atoms with Crippen molar-refractivity contribution in [2.75, 3.05) is 24.3 Å². The molecule has 10 heteroatoms. The SMILES string of the molecule is CNc1nc(N(C)Cc2cscn2)nc(-n2cncn2)n1. The topological polar surface area (TPSA) is 97.5 Å². The second-order valence-corrected chi connectivity index (χ2v) is 4.90. The van der Waals surface area contributed by atoms with E-state index in [0.29, 0.717) is 24.4 Å². The van der Waals surface area contributed by atoms with E-state index < -0.39 is 0 Å². The normalized spacial score (nSPS) is 10.6. The molecule has 3 heterocycles. The van der Waals surface area contributed by atoms with Crippen molar-refractivity contribution in [3.8, 4) is 5.95 Å². The van der Waals surface area contributed by atoms with Crippen LogP contribution in [0.15, 0.2) is 23.5 Å². The highest BCUT2D eigenvalue weighted by atomic mass is 32.1. The molecule has 3 aromatic rings. The summed E-state index contributed by atoms with van der Waals surface area (Å²) in [5.74, 6) is 1.41.